The quantitative estimate of drug-likeness (QED) is 0.302. The molecule has 3 rings (SSSR count). The van der Waals surface area contributed by atoms with Crippen molar-refractivity contribution in [3.63, 3.8) is 0 Å². The number of unbranched alkanes of at least 4 members (excludes halogenated alkanes) is 1. The fourth-order valence-corrected chi connectivity index (χ4v) is 8.85. The largest absolute Gasteiger partial charge is 0.460 e. The molecule has 0 spiro atoms. The van der Waals surface area contributed by atoms with Gasteiger partial charge in [0.2, 0.25) is 0 Å². The molecular formula is C21H21F9O3S2. The van der Waals surface area contributed by atoms with Gasteiger partial charge in [-0.2, -0.15) is 47.9 Å². The minimum absolute atomic E-state index is 0.116. The summed E-state index contributed by atoms with van der Waals surface area (Å²) in [5.74, 6) is -15.0. The summed E-state index contributed by atoms with van der Waals surface area (Å²) in [6.45, 7) is 1.96. The van der Waals surface area contributed by atoms with Crippen LogP contribution in [0.4, 0.5) is 39.5 Å². The van der Waals surface area contributed by atoms with E-state index in [1.807, 2.05) is 6.92 Å². The van der Waals surface area contributed by atoms with E-state index in [-0.39, 0.29) is 22.8 Å². The van der Waals surface area contributed by atoms with Crippen molar-refractivity contribution in [2.75, 3.05) is 11.5 Å². The zero-order chi connectivity index (χ0) is 26.5. The third kappa shape index (κ3) is 4.39. The van der Waals surface area contributed by atoms with Crippen LogP contribution in [0.25, 0.3) is 10.8 Å². The van der Waals surface area contributed by atoms with Crippen molar-refractivity contribution in [1.82, 2.24) is 0 Å². The number of hydrogen-bond donors (Lipinski definition) is 0. The standard InChI is InChI=1S/C21H21F9O3S2/c1-2-3-7-14-10-11-17(16-9-5-4-8-15(14)16)34(12-6-13-34)33-35(31,32)21(29,30)19(24,25)18(22,23)20(26,27)28/h4-5,8-11H,2-3,6-7,12-13H2,1H3. The summed E-state index contributed by atoms with van der Waals surface area (Å²) in [6, 6.07) is 9.52. The van der Waals surface area contributed by atoms with Crippen LogP contribution in [-0.4, -0.2) is 43.2 Å². The highest BCUT2D eigenvalue weighted by Crippen LogP contribution is 2.68. The van der Waals surface area contributed by atoms with E-state index in [9.17, 15) is 47.9 Å². The maximum absolute atomic E-state index is 14.3. The van der Waals surface area contributed by atoms with Gasteiger partial charge < -0.3 is 0 Å². The second-order valence-corrected chi connectivity index (χ2v) is 13.0. The number of benzene rings is 2. The second-order valence-electron chi connectivity index (χ2n) is 8.13. The lowest BCUT2D eigenvalue weighted by Gasteiger charge is -2.47. The zero-order valence-electron chi connectivity index (χ0n) is 18.1. The number of rotatable bonds is 9. The topological polar surface area (TPSA) is 43.4 Å². The van der Waals surface area contributed by atoms with E-state index in [1.165, 1.54) is 6.07 Å². The first kappa shape index (κ1) is 27.9. The molecule has 1 heterocycles. The number of hydrogen-bond acceptors (Lipinski definition) is 3. The fraction of sp³-hybridized carbons (Fsp3) is 0.524. The van der Waals surface area contributed by atoms with Gasteiger partial charge in [-0.25, -0.2) is 3.63 Å². The van der Waals surface area contributed by atoms with Gasteiger partial charge in [-0.3, -0.25) is 0 Å². The van der Waals surface area contributed by atoms with E-state index in [4.69, 9.17) is 0 Å². The molecule has 1 fully saturated rings. The maximum atomic E-state index is 14.3. The number of aryl methyl sites for hydroxylation is 1. The average Bonchev–Trinajstić information content (AvgIpc) is 2.73. The fourth-order valence-electron chi connectivity index (χ4n) is 3.71. The average molecular weight is 557 g/mol. The molecule has 1 aliphatic rings. The zero-order valence-corrected chi connectivity index (χ0v) is 19.8. The van der Waals surface area contributed by atoms with Crippen molar-refractivity contribution in [2.45, 2.75) is 60.8 Å². The first-order valence-electron chi connectivity index (χ1n) is 10.4. The van der Waals surface area contributed by atoms with Crippen LogP contribution in [0.1, 0.15) is 31.7 Å². The lowest BCUT2D eigenvalue weighted by Crippen LogP contribution is -2.63. The molecule has 3 nitrogen and oxygen atoms in total. The van der Waals surface area contributed by atoms with Gasteiger partial charge in [0.1, 0.15) is 0 Å². The Morgan fingerprint density at radius 3 is 1.91 bits per heavy atom. The predicted octanol–water partition coefficient (Wildman–Crippen LogP) is 7.44. The van der Waals surface area contributed by atoms with Crippen molar-refractivity contribution in [2.24, 2.45) is 0 Å². The molecule has 0 unspecified atom stereocenters. The van der Waals surface area contributed by atoms with Crippen LogP contribution in [0.3, 0.4) is 0 Å². The summed E-state index contributed by atoms with van der Waals surface area (Å²) in [6.07, 6.45) is -4.59. The molecule has 35 heavy (non-hydrogen) atoms. The highest BCUT2D eigenvalue weighted by molar-refractivity contribution is 8.34. The summed E-state index contributed by atoms with van der Waals surface area (Å²) in [4.78, 5) is 0.116. The van der Waals surface area contributed by atoms with Gasteiger partial charge in [0.05, 0.1) is 0 Å². The maximum Gasteiger partial charge on any atom is 0.460 e. The molecule has 0 aliphatic carbocycles. The van der Waals surface area contributed by atoms with Gasteiger partial charge in [0.15, 0.2) is 0 Å². The Labute approximate surface area is 197 Å². The van der Waals surface area contributed by atoms with E-state index in [0.29, 0.717) is 17.2 Å². The Bertz CT molecular complexity index is 1190. The van der Waals surface area contributed by atoms with Crippen molar-refractivity contribution < 1.29 is 51.6 Å². The van der Waals surface area contributed by atoms with Crippen molar-refractivity contribution in [3.8, 4) is 0 Å². The molecule has 0 atom stereocenters. The van der Waals surface area contributed by atoms with Crippen molar-refractivity contribution in [3.05, 3.63) is 42.0 Å². The van der Waals surface area contributed by atoms with E-state index in [0.717, 1.165) is 18.4 Å². The molecule has 1 aliphatic heterocycles. The molecule has 2 aromatic rings. The van der Waals surface area contributed by atoms with Crippen LogP contribution < -0.4 is 0 Å². The Morgan fingerprint density at radius 1 is 0.857 bits per heavy atom. The molecule has 0 radical (unpaired) electrons. The van der Waals surface area contributed by atoms with E-state index < -0.39 is 43.7 Å². The smallest absolute Gasteiger partial charge is 0.211 e. The lowest BCUT2D eigenvalue weighted by molar-refractivity contribution is -0.382. The van der Waals surface area contributed by atoms with Crippen LogP contribution in [0.15, 0.2) is 41.3 Å². The molecule has 0 aromatic heterocycles. The molecule has 0 bridgehead atoms. The van der Waals surface area contributed by atoms with E-state index in [2.05, 4.69) is 3.63 Å². The first-order valence-corrected chi connectivity index (χ1v) is 13.7. The van der Waals surface area contributed by atoms with Gasteiger partial charge in [0.25, 0.3) is 0 Å². The molecular weight excluding hydrogens is 535 g/mol. The summed E-state index contributed by atoms with van der Waals surface area (Å²) >= 11 is 0. The first-order chi connectivity index (χ1) is 16.0. The molecule has 198 valence electrons. The van der Waals surface area contributed by atoms with Crippen LogP contribution >= 0.6 is 10.3 Å². The number of alkyl halides is 9. The Hall–Kier alpha value is -1.67. The van der Waals surface area contributed by atoms with Crippen molar-refractivity contribution in [1.29, 1.82) is 0 Å². The van der Waals surface area contributed by atoms with Crippen LogP contribution in [0, 0.1) is 0 Å². The highest BCUT2D eigenvalue weighted by atomic mass is 32.3. The van der Waals surface area contributed by atoms with Gasteiger partial charge in [-0.1, -0.05) is 54.0 Å². The minimum atomic E-state index is -7.34. The normalized spacial score (nSPS) is 18.3. The van der Waals surface area contributed by atoms with Gasteiger partial charge in [-0.05, 0) is 41.7 Å². The van der Waals surface area contributed by atoms with Crippen LogP contribution in [0.2, 0.25) is 0 Å². The predicted molar refractivity (Wildman–Crippen MR) is 114 cm³/mol. The monoisotopic (exact) mass is 556 g/mol. The SMILES string of the molecule is CCCCc1ccc(S2(OS(=O)(=O)C(F)(F)C(F)(F)C(F)(F)C(F)(F)F)CCC2)c2ccccc12. The molecule has 0 amide bonds. The number of fused-ring (bicyclic) bond motifs is 1. The summed E-state index contributed by atoms with van der Waals surface area (Å²) in [5.41, 5.74) is 0.851. The van der Waals surface area contributed by atoms with Crippen LogP contribution in [-0.2, 0) is 20.2 Å². The molecule has 2 aromatic carbocycles. The third-order valence-electron chi connectivity index (χ3n) is 5.77. The molecule has 14 heteroatoms. The van der Waals surface area contributed by atoms with Crippen molar-refractivity contribution >= 4 is 31.2 Å². The van der Waals surface area contributed by atoms with Gasteiger partial charge in [0, 0.05) is 16.4 Å². The van der Waals surface area contributed by atoms with E-state index >= 15 is 0 Å². The second kappa shape index (κ2) is 9.02. The summed E-state index contributed by atoms with van der Waals surface area (Å²) in [5, 5.41) is -5.83. The summed E-state index contributed by atoms with van der Waals surface area (Å²) in [7, 11) is -10.2. The molecule has 0 saturated carbocycles. The van der Waals surface area contributed by atoms with Gasteiger partial charge >= 0.3 is 33.4 Å². The molecule has 0 N–H and O–H groups in total. The Kier molecular flexibility index (Phi) is 7.19. The lowest BCUT2D eigenvalue weighted by atomic mass is 10.0. The number of halogens is 9. The Morgan fingerprint density at radius 2 is 1.43 bits per heavy atom. The highest BCUT2D eigenvalue weighted by Gasteiger charge is 2.86. The van der Waals surface area contributed by atoms with Gasteiger partial charge in [-0.15, -0.1) is 0 Å². The molecule has 1 saturated heterocycles. The van der Waals surface area contributed by atoms with Crippen LogP contribution in [0.5, 0.6) is 0 Å². The third-order valence-corrected chi connectivity index (χ3v) is 11.5. The minimum Gasteiger partial charge on any atom is -0.211 e. The van der Waals surface area contributed by atoms with E-state index in [1.54, 1.807) is 30.3 Å². The summed E-state index contributed by atoms with van der Waals surface area (Å²) < 4.78 is 149. The Balaban J connectivity index is 2.08.